The second-order valence-corrected chi connectivity index (χ2v) is 6.21. The number of carboxylic acids is 1. The fourth-order valence-electron chi connectivity index (χ4n) is 3.48. The molecule has 112 valence electrons. The first-order valence-corrected chi connectivity index (χ1v) is 7.79. The Morgan fingerprint density at radius 1 is 1.10 bits per heavy atom. The Hall–Kier alpha value is -1.84. The lowest BCUT2D eigenvalue weighted by molar-refractivity contribution is -0.141. The number of hydrogen-bond donors (Lipinski definition) is 2. The minimum Gasteiger partial charge on any atom is -0.481 e. The van der Waals surface area contributed by atoms with Crippen LogP contribution in [0, 0.1) is 5.92 Å². The molecule has 0 bridgehead atoms. The molecule has 1 aromatic carbocycles. The van der Waals surface area contributed by atoms with Gasteiger partial charge in [0.2, 0.25) is 0 Å². The van der Waals surface area contributed by atoms with E-state index in [0.717, 1.165) is 19.3 Å². The minimum atomic E-state index is -0.750. The summed E-state index contributed by atoms with van der Waals surface area (Å²) in [6.45, 7) is 0. The first-order chi connectivity index (χ1) is 10.1. The number of benzene rings is 1. The summed E-state index contributed by atoms with van der Waals surface area (Å²) in [5.41, 5.74) is 3.36. The zero-order valence-corrected chi connectivity index (χ0v) is 12.1. The monoisotopic (exact) mass is 287 g/mol. The van der Waals surface area contributed by atoms with E-state index in [2.05, 4.69) is 11.4 Å². The molecule has 0 aromatic heterocycles. The van der Waals surface area contributed by atoms with Crippen LogP contribution in [0.3, 0.4) is 0 Å². The van der Waals surface area contributed by atoms with Crippen molar-refractivity contribution >= 4 is 11.9 Å². The summed E-state index contributed by atoms with van der Waals surface area (Å²) < 4.78 is 0. The van der Waals surface area contributed by atoms with Crippen LogP contribution in [0.2, 0.25) is 0 Å². The normalized spacial score (nSPS) is 24.4. The quantitative estimate of drug-likeness (QED) is 0.898. The highest BCUT2D eigenvalue weighted by Gasteiger charge is 2.30. The first-order valence-electron chi connectivity index (χ1n) is 7.79. The molecule has 2 aliphatic rings. The number of aliphatic carboxylic acids is 1. The third kappa shape index (κ3) is 3.09. The number of carbonyl (C=O) groups excluding carboxylic acids is 1. The lowest BCUT2D eigenvalue weighted by Crippen LogP contribution is -2.33. The predicted octanol–water partition coefficient (Wildman–Crippen LogP) is 2.55. The van der Waals surface area contributed by atoms with Gasteiger partial charge in [0.15, 0.2) is 0 Å². The molecule has 1 aromatic rings. The molecular formula is C17H21NO3. The van der Waals surface area contributed by atoms with Crippen LogP contribution in [0.1, 0.15) is 53.6 Å². The maximum absolute atomic E-state index is 12.3. The molecule has 2 N–H and O–H groups in total. The first kappa shape index (κ1) is 14.1. The molecule has 1 fully saturated rings. The van der Waals surface area contributed by atoms with Gasteiger partial charge in [0, 0.05) is 11.6 Å². The van der Waals surface area contributed by atoms with Crippen molar-refractivity contribution in [1.29, 1.82) is 0 Å². The Labute approximate surface area is 124 Å². The van der Waals surface area contributed by atoms with Gasteiger partial charge < -0.3 is 10.4 Å². The van der Waals surface area contributed by atoms with E-state index >= 15 is 0 Å². The lowest BCUT2D eigenvalue weighted by atomic mass is 9.90. The molecule has 4 nitrogen and oxygen atoms in total. The van der Waals surface area contributed by atoms with Gasteiger partial charge in [0.25, 0.3) is 5.91 Å². The molecule has 4 heteroatoms. The van der Waals surface area contributed by atoms with Crippen LogP contribution >= 0.6 is 0 Å². The fourth-order valence-corrected chi connectivity index (χ4v) is 3.48. The van der Waals surface area contributed by atoms with Crippen LogP contribution in [0.25, 0.3) is 0 Å². The maximum Gasteiger partial charge on any atom is 0.306 e. The smallest absolute Gasteiger partial charge is 0.306 e. The minimum absolute atomic E-state index is 0.00497. The second kappa shape index (κ2) is 5.88. The average molecular weight is 287 g/mol. The topological polar surface area (TPSA) is 66.4 Å². The summed E-state index contributed by atoms with van der Waals surface area (Å²) >= 11 is 0. The van der Waals surface area contributed by atoms with E-state index in [9.17, 15) is 9.59 Å². The number of aryl methyl sites for hydroxylation is 2. The number of hydrogen-bond acceptors (Lipinski definition) is 2. The van der Waals surface area contributed by atoms with Gasteiger partial charge in [0.1, 0.15) is 0 Å². The highest BCUT2D eigenvalue weighted by molar-refractivity contribution is 5.94. The van der Waals surface area contributed by atoms with E-state index in [0.29, 0.717) is 18.4 Å². The lowest BCUT2D eigenvalue weighted by Gasteiger charge is -2.17. The summed E-state index contributed by atoms with van der Waals surface area (Å²) in [6, 6.07) is 5.96. The van der Waals surface area contributed by atoms with Gasteiger partial charge in [-0.25, -0.2) is 0 Å². The Morgan fingerprint density at radius 2 is 1.86 bits per heavy atom. The molecule has 1 saturated carbocycles. The summed E-state index contributed by atoms with van der Waals surface area (Å²) in [5.74, 6) is -1.13. The Kier molecular flexibility index (Phi) is 3.95. The second-order valence-electron chi connectivity index (χ2n) is 6.21. The Bertz CT molecular complexity index is 567. The molecule has 2 unspecified atom stereocenters. The van der Waals surface area contributed by atoms with Crippen molar-refractivity contribution in [2.75, 3.05) is 0 Å². The molecule has 0 aliphatic heterocycles. The largest absolute Gasteiger partial charge is 0.481 e. The Morgan fingerprint density at radius 3 is 2.57 bits per heavy atom. The van der Waals surface area contributed by atoms with Crippen LogP contribution < -0.4 is 5.32 Å². The van der Waals surface area contributed by atoms with Crippen LogP contribution in [-0.2, 0) is 17.6 Å². The van der Waals surface area contributed by atoms with Crippen molar-refractivity contribution in [3.8, 4) is 0 Å². The SMILES string of the molecule is O=C(NC1CCC(C(=O)O)C1)c1ccc2c(c1)CCCC2. The summed E-state index contributed by atoms with van der Waals surface area (Å²) in [6.07, 6.45) is 6.56. The Balaban J connectivity index is 1.65. The molecule has 21 heavy (non-hydrogen) atoms. The highest BCUT2D eigenvalue weighted by Crippen LogP contribution is 2.26. The van der Waals surface area contributed by atoms with Gasteiger partial charge in [-0.2, -0.15) is 0 Å². The maximum atomic E-state index is 12.3. The van der Waals surface area contributed by atoms with E-state index < -0.39 is 5.97 Å². The van der Waals surface area contributed by atoms with Gasteiger partial charge in [-0.3, -0.25) is 9.59 Å². The van der Waals surface area contributed by atoms with Crippen molar-refractivity contribution < 1.29 is 14.7 Å². The van der Waals surface area contributed by atoms with E-state index in [1.54, 1.807) is 0 Å². The fraction of sp³-hybridized carbons (Fsp3) is 0.529. The van der Waals surface area contributed by atoms with Crippen molar-refractivity contribution in [3.63, 3.8) is 0 Å². The molecular weight excluding hydrogens is 266 g/mol. The van der Waals surface area contributed by atoms with Crippen molar-refractivity contribution in [2.24, 2.45) is 5.92 Å². The molecule has 0 saturated heterocycles. The van der Waals surface area contributed by atoms with Gasteiger partial charge in [-0.05, 0) is 68.2 Å². The summed E-state index contributed by atoms with van der Waals surface area (Å²) in [7, 11) is 0. The number of rotatable bonds is 3. The molecule has 1 amide bonds. The zero-order chi connectivity index (χ0) is 14.8. The summed E-state index contributed by atoms with van der Waals surface area (Å²) in [4.78, 5) is 23.3. The number of nitrogens with one attached hydrogen (secondary N) is 1. The molecule has 3 rings (SSSR count). The van der Waals surface area contributed by atoms with Crippen LogP contribution in [-0.4, -0.2) is 23.0 Å². The van der Waals surface area contributed by atoms with Crippen LogP contribution in [0.15, 0.2) is 18.2 Å². The third-order valence-electron chi connectivity index (χ3n) is 4.73. The molecule has 0 spiro atoms. The van der Waals surface area contributed by atoms with E-state index in [1.165, 1.54) is 24.0 Å². The van der Waals surface area contributed by atoms with Crippen molar-refractivity contribution in [3.05, 3.63) is 34.9 Å². The number of carbonyl (C=O) groups is 2. The van der Waals surface area contributed by atoms with E-state index in [1.807, 2.05) is 12.1 Å². The molecule has 2 atom stereocenters. The summed E-state index contributed by atoms with van der Waals surface area (Å²) in [5, 5.41) is 12.0. The third-order valence-corrected chi connectivity index (χ3v) is 4.73. The number of carboxylic acid groups (broad SMARTS) is 1. The molecule has 2 aliphatic carbocycles. The van der Waals surface area contributed by atoms with Gasteiger partial charge in [-0.1, -0.05) is 6.07 Å². The van der Waals surface area contributed by atoms with Crippen molar-refractivity contribution in [2.45, 2.75) is 51.0 Å². The molecule has 0 radical (unpaired) electrons. The van der Waals surface area contributed by atoms with Gasteiger partial charge in [0.05, 0.1) is 5.92 Å². The zero-order valence-electron chi connectivity index (χ0n) is 12.1. The van der Waals surface area contributed by atoms with Crippen LogP contribution in [0.5, 0.6) is 0 Å². The predicted molar refractivity (Wildman–Crippen MR) is 79.3 cm³/mol. The average Bonchev–Trinajstić information content (AvgIpc) is 2.95. The van der Waals surface area contributed by atoms with E-state index in [4.69, 9.17) is 5.11 Å². The standard InChI is InChI=1S/C17H21NO3/c19-16(18-15-8-7-14(10-15)17(20)21)13-6-5-11-3-1-2-4-12(11)9-13/h5-6,9,14-15H,1-4,7-8,10H2,(H,18,19)(H,20,21). The van der Waals surface area contributed by atoms with E-state index in [-0.39, 0.29) is 17.9 Å². The van der Waals surface area contributed by atoms with Gasteiger partial charge >= 0.3 is 5.97 Å². The van der Waals surface area contributed by atoms with Crippen LogP contribution in [0.4, 0.5) is 0 Å². The van der Waals surface area contributed by atoms with Crippen molar-refractivity contribution in [1.82, 2.24) is 5.32 Å². The molecule has 0 heterocycles. The number of fused-ring (bicyclic) bond motifs is 1. The highest BCUT2D eigenvalue weighted by atomic mass is 16.4. The number of amides is 1. The van der Waals surface area contributed by atoms with Gasteiger partial charge in [-0.15, -0.1) is 0 Å².